The standard InChI is InChI=1S/C15H18F3NO5/c1-14(2,3)24-12(21)7-10(20)6-11(9-4-5-23-8-9)19-13(22)15(16,17)18/h4-5,8,11H,6-7H2,1-3H3,(H,19,22). The second kappa shape index (κ2) is 7.50. The number of Topliss-reactive ketones (excluding diaryl/α,β-unsaturated/α-hetero) is 1. The Labute approximate surface area is 136 Å². The van der Waals surface area contributed by atoms with Gasteiger partial charge in [-0.2, -0.15) is 13.2 Å². The van der Waals surface area contributed by atoms with E-state index in [9.17, 15) is 27.6 Å². The van der Waals surface area contributed by atoms with E-state index in [1.54, 1.807) is 26.1 Å². The summed E-state index contributed by atoms with van der Waals surface area (Å²) in [6, 6.07) is 0.0648. The van der Waals surface area contributed by atoms with Crippen molar-refractivity contribution in [2.24, 2.45) is 0 Å². The summed E-state index contributed by atoms with van der Waals surface area (Å²) in [5.74, 6) is -3.64. The number of furan rings is 1. The number of nitrogens with one attached hydrogen (secondary N) is 1. The molecule has 0 radical (unpaired) electrons. The number of ketones is 1. The maximum atomic E-state index is 12.4. The van der Waals surface area contributed by atoms with Crippen LogP contribution in [0.3, 0.4) is 0 Å². The molecule has 134 valence electrons. The van der Waals surface area contributed by atoms with Crippen molar-refractivity contribution in [2.75, 3.05) is 0 Å². The van der Waals surface area contributed by atoms with E-state index in [0.29, 0.717) is 0 Å². The molecule has 24 heavy (non-hydrogen) atoms. The maximum absolute atomic E-state index is 12.4. The van der Waals surface area contributed by atoms with Gasteiger partial charge in [-0.3, -0.25) is 14.4 Å². The van der Waals surface area contributed by atoms with Gasteiger partial charge in [-0.25, -0.2) is 0 Å². The summed E-state index contributed by atoms with van der Waals surface area (Å²) in [4.78, 5) is 34.6. The van der Waals surface area contributed by atoms with E-state index in [-0.39, 0.29) is 5.56 Å². The molecule has 1 rings (SSSR count). The van der Waals surface area contributed by atoms with Crippen molar-refractivity contribution in [3.63, 3.8) is 0 Å². The highest BCUT2D eigenvalue weighted by Crippen LogP contribution is 2.22. The smallest absolute Gasteiger partial charge is 0.471 e. The first-order valence-corrected chi connectivity index (χ1v) is 7.02. The average Bonchev–Trinajstić information content (AvgIpc) is 2.87. The summed E-state index contributed by atoms with van der Waals surface area (Å²) in [5.41, 5.74) is -0.601. The van der Waals surface area contributed by atoms with Crippen LogP contribution in [-0.2, 0) is 19.1 Å². The van der Waals surface area contributed by atoms with Crippen LogP contribution in [0.25, 0.3) is 0 Å². The zero-order valence-corrected chi connectivity index (χ0v) is 13.4. The molecule has 1 N–H and O–H groups in total. The van der Waals surface area contributed by atoms with E-state index < -0.39 is 48.3 Å². The first-order valence-electron chi connectivity index (χ1n) is 7.02. The molecule has 1 unspecified atom stereocenters. The molecular weight excluding hydrogens is 331 g/mol. The fourth-order valence-electron chi connectivity index (χ4n) is 1.80. The van der Waals surface area contributed by atoms with Gasteiger partial charge in [-0.1, -0.05) is 0 Å². The highest BCUT2D eigenvalue weighted by molar-refractivity contribution is 5.96. The molecule has 0 saturated carbocycles. The molecule has 0 aromatic carbocycles. The van der Waals surface area contributed by atoms with E-state index in [4.69, 9.17) is 9.15 Å². The Kier molecular flexibility index (Phi) is 6.16. The molecule has 1 aromatic heterocycles. The summed E-state index contributed by atoms with van der Waals surface area (Å²) >= 11 is 0. The van der Waals surface area contributed by atoms with Crippen LogP contribution in [0.4, 0.5) is 13.2 Å². The summed E-state index contributed by atoms with van der Waals surface area (Å²) in [6.07, 6.45) is -3.88. The molecule has 0 saturated heterocycles. The van der Waals surface area contributed by atoms with Gasteiger partial charge in [-0.05, 0) is 26.8 Å². The lowest BCUT2D eigenvalue weighted by Crippen LogP contribution is -2.40. The molecule has 0 bridgehead atoms. The third-order valence-electron chi connectivity index (χ3n) is 2.70. The lowest BCUT2D eigenvalue weighted by atomic mass is 10.0. The Morgan fingerprint density at radius 1 is 1.25 bits per heavy atom. The third-order valence-corrected chi connectivity index (χ3v) is 2.70. The van der Waals surface area contributed by atoms with Gasteiger partial charge < -0.3 is 14.5 Å². The van der Waals surface area contributed by atoms with Gasteiger partial charge >= 0.3 is 18.1 Å². The highest BCUT2D eigenvalue weighted by atomic mass is 19.4. The number of ether oxygens (including phenoxy) is 1. The van der Waals surface area contributed by atoms with Crippen LogP contribution >= 0.6 is 0 Å². The molecule has 9 heteroatoms. The summed E-state index contributed by atoms with van der Waals surface area (Å²) < 4.78 is 46.9. The Hall–Kier alpha value is -2.32. The van der Waals surface area contributed by atoms with Gasteiger partial charge in [0.15, 0.2) is 0 Å². The number of carbonyl (C=O) groups excluding carboxylic acids is 3. The van der Waals surface area contributed by atoms with Gasteiger partial charge in [0.25, 0.3) is 0 Å². The third kappa shape index (κ3) is 6.84. The van der Waals surface area contributed by atoms with Gasteiger partial charge in [0, 0.05) is 12.0 Å². The summed E-state index contributed by atoms with van der Waals surface area (Å²) in [7, 11) is 0. The van der Waals surface area contributed by atoms with Crippen molar-refractivity contribution in [3.8, 4) is 0 Å². The van der Waals surface area contributed by atoms with Crippen molar-refractivity contribution in [2.45, 2.75) is 51.4 Å². The number of alkyl halides is 3. The number of hydrogen-bond donors (Lipinski definition) is 1. The molecule has 0 spiro atoms. The minimum Gasteiger partial charge on any atom is -0.472 e. The lowest BCUT2D eigenvalue weighted by molar-refractivity contribution is -0.174. The fraction of sp³-hybridized carbons (Fsp3) is 0.533. The van der Waals surface area contributed by atoms with Crippen LogP contribution in [0.2, 0.25) is 0 Å². The first-order chi connectivity index (χ1) is 10.9. The van der Waals surface area contributed by atoms with Crippen molar-refractivity contribution in [1.29, 1.82) is 0 Å². The predicted molar refractivity (Wildman–Crippen MR) is 75.7 cm³/mol. The van der Waals surface area contributed by atoms with Crippen molar-refractivity contribution >= 4 is 17.7 Å². The van der Waals surface area contributed by atoms with Crippen LogP contribution in [0, 0.1) is 0 Å². The second-order valence-electron chi connectivity index (χ2n) is 6.09. The summed E-state index contributed by atoms with van der Waals surface area (Å²) in [6.45, 7) is 4.85. The van der Waals surface area contributed by atoms with Crippen LogP contribution in [0.5, 0.6) is 0 Å². The molecule has 0 aliphatic carbocycles. The molecular formula is C15H18F3NO5. The molecule has 1 amide bonds. The number of amides is 1. The molecule has 0 aliphatic heterocycles. The normalized spacial score (nSPS) is 13.2. The Balaban J connectivity index is 2.74. The van der Waals surface area contributed by atoms with Crippen LogP contribution in [0.15, 0.2) is 23.0 Å². The minimum atomic E-state index is -5.09. The van der Waals surface area contributed by atoms with Gasteiger partial charge in [-0.15, -0.1) is 0 Å². The Morgan fingerprint density at radius 2 is 1.88 bits per heavy atom. The molecule has 6 nitrogen and oxygen atoms in total. The summed E-state index contributed by atoms with van der Waals surface area (Å²) in [5, 5.41) is 1.71. The topological polar surface area (TPSA) is 85.6 Å². The SMILES string of the molecule is CC(C)(C)OC(=O)CC(=O)CC(NC(=O)C(F)(F)F)c1ccoc1. The quantitative estimate of drug-likeness (QED) is 0.630. The van der Waals surface area contributed by atoms with Gasteiger partial charge in [0.2, 0.25) is 0 Å². The average molecular weight is 349 g/mol. The highest BCUT2D eigenvalue weighted by Gasteiger charge is 2.40. The zero-order chi connectivity index (χ0) is 18.5. The predicted octanol–water partition coefficient (Wildman–Crippen LogP) is 2.69. The zero-order valence-electron chi connectivity index (χ0n) is 13.4. The first kappa shape index (κ1) is 19.7. The van der Waals surface area contributed by atoms with E-state index in [0.717, 1.165) is 6.26 Å². The molecule has 0 aliphatic rings. The van der Waals surface area contributed by atoms with Crippen LogP contribution in [0.1, 0.15) is 45.2 Å². The van der Waals surface area contributed by atoms with E-state index in [1.807, 2.05) is 0 Å². The van der Waals surface area contributed by atoms with E-state index in [2.05, 4.69) is 0 Å². The van der Waals surface area contributed by atoms with Crippen LogP contribution < -0.4 is 5.32 Å². The van der Waals surface area contributed by atoms with Crippen molar-refractivity contribution in [3.05, 3.63) is 24.2 Å². The Morgan fingerprint density at radius 3 is 2.33 bits per heavy atom. The molecule has 1 aromatic rings. The molecule has 1 atom stereocenters. The number of carbonyl (C=O) groups is 3. The Bertz CT molecular complexity index is 587. The monoisotopic (exact) mass is 349 g/mol. The number of hydrogen-bond acceptors (Lipinski definition) is 5. The fourth-order valence-corrected chi connectivity index (χ4v) is 1.80. The van der Waals surface area contributed by atoms with Gasteiger partial charge in [0.05, 0.1) is 18.6 Å². The van der Waals surface area contributed by atoms with Crippen molar-refractivity contribution in [1.82, 2.24) is 5.32 Å². The van der Waals surface area contributed by atoms with Crippen molar-refractivity contribution < 1.29 is 36.7 Å². The van der Waals surface area contributed by atoms with E-state index >= 15 is 0 Å². The minimum absolute atomic E-state index is 0.185. The molecule has 0 fully saturated rings. The number of halogens is 3. The lowest BCUT2D eigenvalue weighted by Gasteiger charge is -2.20. The second-order valence-corrected chi connectivity index (χ2v) is 6.09. The van der Waals surface area contributed by atoms with Gasteiger partial charge in [0.1, 0.15) is 17.8 Å². The van der Waals surface area contributed by atoms with Crippen LogP contribution in [-0.4, -0.2) is 29.4 Å². The maximum Gasteiger partial charge on any atom is 0.471 e. The largest absolute Gasteiger partial charge is 0.472 e. The number of esters is 1. The van der Waals surface area contributed by atoms with E-state index in [1.165, 1.54) is 12.3 Å². The number of rotatable bonds is 6. The molecule has 1 heterocycles.